The van der Waals surface area contributed by atoms with Crippen LogP contribution in [0.15, 0.2) is 21.3 Å². The van der Waals surface area contributed by atoms with Crippen LogP contribution in [0.4, 0.5) is 0 Å². The second kappa shape index (κ2) is 6.31. The van der Waals surface area contributed by atoms with Gasteiger partial charge < -0.3 is 9.52 Å². The SMILES string of the molecule is CCc1c(C)oc2c(CN(CC)CC)c(O)ccc2c1=O. The molecule has 1 heterocycles. The molecule has 0 saturated heterocycles. The number of phenolic OH excluding ortho intramolecular Hbond substituents is 1. The van der Waals surface area contributed by atoms with E-state index in [4.69, 9.17) is 4.42 Å². The standard InChI is InChI=1S/C17H23NO3/c1-5-12-11(4)21-17-13(16(12)20)8-9-15(19)14(17)10-18(6-2)7-3/h8-9,19H,5-7,10H2,1-4H3. The van der Waals surface area contributed by atoms with Gasteiger partial charge in [-0.3, -0.25) is 9.69 Å². The van der Waals surface area contributed by atoms with Crippen molar-refractivity contribution < 1.29 is 9.52 Å². The van der Waals surface area contributed by atoms with Crippen molar-refractivity contribution in [1.29, 1.82) is 0 Å². The lowest BCUT2D eigenvalue weighted by molar-refractivity contribution is 0.290. The fourth-order valence-electron chi connectivity index (χ4n) is 2.68. The molecule has 2 aromatic rings. The number of aromatic hydroxyl groups is 1. The molecule has 4 heteroatoms. The van der Waals surface area contributed by atoms with Gasteiger partial charge in [0.05, 0.1) is 10.9 Å². The summed E-state index contributed by atoms with van der Waals surface area (Å²) in [6.45, 7) is 10.2. The Balaban J connectivity index is 2.70. The van der Waals surface area contributed by atoms with E-state index in [9.17, 15) is 9.90 Å². The van der Waals surface area contributed by atoms with Crippen LogP contribution in [-0.2, 0) is 13.0 Å². The van der Waals surface area contributed by atoms with Crippen LogP contribution in [0.3, 0.4) is 0 Å². The van der Waals surface area contributed by atoms with Crippen molar-refractivity contribution in [3.8, 4) is 5.75 Å². The summed E-state index contributed by atoms with van der Waals surface area (Å²) in [6.07, 6.45) is 0.649. The van der Waals surface area contributed by atoms with Crippen LogP contribution in [0.5, 0.6) is 5.75 Å². The maximum absolute atomic E-state index is 12.5. The minimum Gasteiger partial charge on any atom is -0.507 e. The zero-order valence-corrected chi connectivity index (χ0v) is 13.2. The largest absolute Gasteiger partial charge is 0.507 e. The Morgan fingerprint density at radius 1 is 1.14 bits per heavy atom. The van der Waals surface area contributed by atoms with Crippen molar-refractivity contribution in [2.45, 2.75) is 40.7 Å². The molecule has 0 saturated carbocycles. The first-order valence-electron chi connectivity index (χ1n) is 7.52. The molecule has 0 aliphatic rings. The van der Waals surface area contributed by atoms with Gasteiger partial charge in [-0.15, -0.1) is 0 Å². The molecular formula is C17H23NO3. The normalized spacial score (nSPS) is 11.5. The lowest BCUT2D eigenvalue weighted by atomic mass is 10.0. The Morgan fingerprint density at radius 2 is 1.81 bits per heavy atom. The van der Waals surface area contributed by atoms with E-state index in [-0.39, 0.29) is 11.2 Å². The number of hydrogen-bond donors (Lipinski definition) is 1. The van der Waals surface area contributed by atoms with E-state index in [1.165, 1.54) is 0 Å². The molecule has 1 aromatic heterocycles. The Kier molecular flexibility index (Phi) is 4.68. The molecule has 1 N–H and O–H groups in total. The molecule has 0 spiro atoms. The number of benzene rings is 1. The molecule has 114 valence electrons. The maximum Gasteiger partial charge on any atom is 0.196 e. The molecule has 0 radical (unpaired) electrons. The van der Waals surface area contributed by atoms with Crippen molar-refractivity contribution in [1.82, 2.24) is 4.90 Å². The number of phenols is 1. The highest BCUT2D eigenvalue weighted by molar-refractivity contribution is 5.82. The molecule has 0 aliphatic carbocycles. The van der Waals surface area contributed by atoms with E-state index in [1.54, 1.807) is 12.1 Å². The highest BCUT2D eigenvalue weighted by Gasteiger charge is 2.17. The second-order valence-corrected chi connectivity index (χ2v) is 5.22. The van der Waals surface area contributed by atoms with Crippen molar-refractivity contribution in [3.05, 3.63) is 39.2 Å². The maximum atomic E-state index is 12.5. The number of nitrogens with zero attached hydrogens (tertiary/aromatic N) is 1. The van der Waals surface area contributed by atoms with E-state index in [0.29, 0.717) is 40.8 Å². The van der Waals surface area contributed by atoms with E-state index in [2.05, 4.69) is 18.7 Å². The van der Waals surface area contributed by atoms with Crippen molar-refractivity contribution in [3.63, 3.8) is 0 Å². The van der Waals surface area contributed by atoms with Gasteiger partial charge in [-0.05, 0) is 38.6 Å². The molecule has 0 fully saturated rings. The minimum atomic E-state index is 0.0112. The van der Waals surface area contributed by atoms with Gasteiger partial charge >= 0.3 is 0 Å². The zero-order chi connectivity index (χ0) is 15.6. The third-order valence-electron chi connectivity index (χ3n) is 4.06. The fourth-order valence-corrected chi connectivity index (χ4v) is 2.68. The molecule has 0 atom stereocenters. The third kappa shape index (κ3) is 2.81. The first kappa shape index (κ1) is 15.6. The Morgan fingerprint density at radius 3 is 2.38 bits per heavy atom. The summed E-state index contributed by atoms with van der Waals surface area (Å²) in [5.74, 6) is 0.822. The molecular weight excluding hydrogens is 266 g/mol. The van der Waals surface area contributed by atoms with Crippen molar-refractivity contribution in [2.24, 2.45) is 0 Å². The average molecular weight is 289 g/mol. The van der Waals surface area contributed by atoms with E-state index >= 15 is 0 Å². The second-order valence-electron chi connectivity index (χ2n) is 5.22. The van der Waals surface area contributed by atoms with Crippen LogP contribution in [0.2, 0.25) is 0 Å². The molecule has 2 rings (SSSR count). The topological polar surface area (TPSA) is 53.7 Å². The van der Waals surface area contributed by atoms with Gasteiger partial charge in [-0.1, -0.05) is 20.8 Å². The number of aryl methyl sites for hydroxylation is 1. The van der Waals surface area contributed by atoms with Crippen LogP contribution in [0.1, 0.15) is 37.7 Å². The molecule has 0 amide bonds. The highest BCUT2D eigenvalue weighted by Crippen LogP contribution is 2.28. The van der Waals surface area contributed by atoms with Crippen LogP contribution in [-0.4, -0.2) is 23.1 Å². The average Bonchev–Trinajstić information content (AvgIpc) is 2.47. The summed E-state index contributed by atoms with van der Waals surface area (Å²) >= 11 is 0. The highest BCUT2D eigenvalue weighted by atomic mass is 16.3. The van der Waals surface area contributed by atoms with Gasteiger partial charge in [-0.2, -0.15) is 0 Å². The Hall–Kier alpha value is -1.81. The quantitative estimate of drug-likeness (QED) is 0.918. The van der Waals surface area contributed by atoms with Crippen LogP contribution in [0, 0.1) is 6.92 Å². The number of fused-ring (bicyclic) bond motifs is 1. The van der Waals surface area contributed by atoms with Gasteiger partial charge in [0.2, 0.25) is 0 Å². The van der Waals surface area contributed by atoms with Crippen molar-refractivity contribution in [2.75, 3.05) is 13.1 Å². The summed E-state index contributed by atoms with van der Waals surface area (Å²) in [5, 5.41) is 10.7. The monoisotopic (exact) mass is 289 g/mol. The lowest BCUT2D eigenvalue weighted by Crippen LogP contribution is -2.22. The molecule has 0 unspecified atom stereocenters. The number of rotatable bonds is 5. The lowest BCUT2D eigenvalue weighted by Gasteiger charge is -2.19. The first-order valence-corrected chi connectivity index (χ1v) is 7.52. The van der Waals surface area contributed by atoms with Crippen molar-refractivity contribution >= 4 is 11.0 Å². The Labute approximate surface area is 125 Å². The molecule has 4 nitrogen and oxygen atoms in total. The van der Waals surface area contributed by atoms with Crippen LogP contribution in [0.25, 0.3) is 11.0 Å². The third-order valence-corrected chi connectivity index (χ3v) is 4.06. The predicted octanol–water partition coefficient (Wildman–Crippen LogP) is 3.21. The zero-order valence-electron chi connectivity index (χ0n) is 13.2. The summed E-state index contributed by atoms with van der Waals surface area (Å²) in [4.78, 5) is 14.7. The van der Waals surface area contributed by atoms with Gasteiger partial charge in [0.1, 0.15) is 17.1 Å². The molecule has 1 aromatic carbocycles. The molecule has 0 bridgehead atoms. The van der Waals surface area contributed by atoms with Crippen LogP contribution >= 0.6 is 0 Å². The summed E-state index contributed by atoms with van der Waals surface area (Å²) < 4.78 is 5.88. The summed E-state index contributed by atoms with van der Waals surface area (Å²) in [7, 11) is 0. The fraction of sp³-hybridized carbons (Fsp3) is 0.471. The van der Waals surface area contributed by atoms with Gasteiger partial charge in [-0.25, -0.2) is 0 Å². The summed E-state index contributed by atoms with van der Waals surface area (Å²) in [5.41, 5.74) is 1.93. The van der Waals surface area contributed by atoms with Crippen LogP contribution < -0.4 is 5.43 Å². The number of hydrogen-bond acceptors (Lipinski definition) is 4. The smallest absolute Gasteiger partial charge is 0.196 e. The molecule has 0 aliphatic heterocycles. The van der Waals surface area contributed by atoms with E-state index in [0.717, 1.165) is 13.1 Å². The Bertz CT molecular complexity index is 699. The molecule has 21 heavy (non-hydrogen) atoms. The predicted molar refractivity (Wildman–Crippen MR) is 84.9 cm³/mol. The first-order chi connectivity index (χ1) is 10.0. The summed E-state index contributed by atoms with van der Waals surface area (Å²) in [6, 6.07) is 3.24. The van der Waals surface area contributed by atoms with Gasteiger partial charge in [0.25, 0.3) is 0 Å². The van der Waals surface area contributed by atoms with Gasteiger partial charge in [0.15, 0.2) is 5.43 Å². The van der Waals surface area contributed by atoms with E-state index in [1.807, 2.05) is 13.8 Å². The van der Waals surface area contributed by atoms with E-state index < -0.39 is 0 Å². The van der Waals surface area contributed by atoms with Gasteiger partial charge in [0, 0.05) is 12.1 Å². The minimum absolute atomic E-state index is 0.0112.